The van der Waals surface area contributed by atoms with Crippen LogP contribution in [0.25, 0.3) is 10.9 Å². The van der Waals surface area contributed by atoms with Crippen molar-refractivity contribution in [2.75, 3.05) is 16.1 Å². The summed E-state index contributed by atoms with van der Waals surface area (Å²) in [6.07, 6.45) is 0. The fourth-order valence-corrected chi connectivity index (χ4v) is 3.89. The van der Waals surface area contributed by atoms with E-state index in [1.165, 1.54) is 4.68 Å². The zero-order valence-corrected chi connectivity index (χ0v) is 20.5. The maximum Gasteiger partial charge on any atom is 0.328 e. The lowest BCUT2D eigenvalue weighted by atomic mass is 10.2. The third kappa shape index (κ3) is 5.15. The number of benzene rings is 3. The van der Waals surface area contributed by atoms with Crippen LogP contribution in [0.5, 0.6) is 0 Å². The molecule has 0 aliphatic rings. The zero-order valence-electron chi connectivity index (χ0n) is 17.4. The monoisotopic (exact) mass is 568 g/mol. The van der Waals surface area contributed by atoms with Gasteiger partial charge in [-0.05, 0) is 67.1 Å². The molecule has 9 heteroatoms. The number of para-hydroxylation sites is 1. The number of carbonyl (C=O) groups excluding carboxylic acids is 3. The van der Waals surface area contributed by atoms with Crippen LogP contribution < -0.4 is 16.1 Å². The van der Waals surface area contributed by atoms with Gasteiger partial charge in [0.15, 0.2) is 0 Å². The van der Waals surface area contributed by atoms with E-state index in [-0.39, 0.29) is 5.69 Å². The molecule has 4 aromatic rings. The normalized spacial score (nSPS) is 10.6. The van der Waals surface area contributed by atoms with Crippen molar-refractivity contribution in [3.63, 3.8) is 0 Å². The molecule has 166 valence electrons. The van der Waals surface area contributed by atoms with Crippen molar-refractivity contribution >= 4 is 71.9 Å². The molecule has 0 aliphatic heterocycles. The summed E-state index contributed by atoms with van der Waals surface area (Å²) in [5, 5.41) is 6.12. The Balaban J connectivity index is 1.63. The average molecular weight is 570 g/mol. The highest BCUT2D eigenvalue weighted by molar-refractivity contribution is 9.10. The molecular formula is C24H18Br2N4O3. The van der Waals surface area contributed by atoms with Crippen LogP contribution in [-0.4, -0.2) is 22.4 Å². The summed E-state index contributed by atoms with van der Waals surface area (Å²) in [6, 6.07) is 21.2. The largest absolute Gasteiger partial charge is 0.328 e. The van der Waals surface area contributed by atoms with Crippen LogP contribution in [0.3, 0.4) is 0 Å². The Morgan fingerprint density at radius 1 is 0.788 bits per heavy atom. The molecule has 0 atom stereocenters. The summed E-state index contributed by atoms with van der Waals surface area (Å²) in [4.78, 5) is 38.3. The maximum absolute atomic E-state index is 13.1. The maximum atomic E-state index is 13.1. The number of aromatic nitrogens is 1. The van der Waals surface area contributed by atoms with Gasteiger partial charge in [-0.2, -0.15) is 0 Å². The Bertz CT molecular complexity index is 1380. The summed E-state index contributed by atoms with van der Waals surface area (Å²) in [6.45, 7) is 1.89. The Hall–Kier alpha value is -3.43. The van der Waals surface area contributed by atoms with E-state index in [9.17, 15) is 14.4 Å². The first-order chi connectivity index (χ1) is 15.8. The van der Waals surface area contributed by atoms with Crippen LogP contribution >= 0.6 is 31.9 Å². The number of anilines is 2. The van der Waals surface area contributed by atoms with Crippen molar-refractivity contribution in [2.45, 2.75) is 6.92 Å². The molecule has 0 saturated carbocycles. The fraction of sp³-hybridized carbons (Fsp3) is 0.0417. The van der Waals surface area contributed by atoms with Gasteiger partial charge < -0.3 is 10.6 Å². The SMILES string of the molecule is Cc1ccccc1NC(=O)c1cc2cc(Br)ccc2n1NC(=O)C(=O)Nc1ccc(Br)cc1. The van der Waals surface area contributed by atoms with Gasteiger partial charge in [0.05, 0.1) is 5.52 Å². The number of nitrogens with zero attached hydrogens (tertiary/aromatic N) is 1. The van der Waals surface area contributed by atoms with E-state index < -0.39 is 17.7 Å². The first-order valence-corrected chi connectivity index (χ1v) is 11.5. The standard InChI is InChI=1S/C24H18Br2N4O3/c1-14-4-2-3-5-19(14)28-22(31)21-13-15-12-17(26)8-11-20(15)30(21)29-24(33)23(32)27-18-9-6-16(25)7-10-18/h2-13H,1H3,(H,27,32)(H,28,31)(H,29,33). The predicted molar refractivity (Wildman–Crippen MR) is 136 cm³/mol. The lowest BCUT2D eigenvalue weighted by Crippen LogP contribution is -2.36. The highest BCUT2D eigenvalue weighted by atomic mass is 79.9. The lowest BCUT2D eigenvalue weighted by molar-refractivity contribution is -0.133. The number of halogens is 2. The minimum atomic E-state index is -0.914. The molecule has 0 bridgehead atoms. The quantitative estimate of drug-likeness (QED) is 0.286. The molecule has 4 rings (SSSR count). The minimum absolute atomic E-state index is 0.177. The minimum Gasteiger partial charge on any atom is -0.320 e. The Kier molecular flexibility index (Phi) is 6.62. The van der Waals surface area contributed by atoms with Crippen molar-refractivity contribution in [1.29, 1.82) is 0 Å². The summed E-state index contributed by atoms with van der Waals surface area (Å²) in [5.74, 6) is -2.20. The van der Waals surface area contributed by atoms with Crippen LogP contribution in [0.1, 0.15) is 16.1 Å². The van der Waals surface area contributed by atoms with E-state index in [1.54, 1.807) is 48.5 Å². The van der Waals surface area contributed by atoms with Gasteiger partial charge in [0, 0.05) is 25.7 Å². The second kappa shape index (κ2) is 9.60. The number of fused-ring (bicyclic) bond motifs is 1. The van der Waals surface area contributed by atoms with Crippen LogP contribution in [0.4, 0.5) is 11.4 Å². The van der Waals surface area contributed by atoms with Gasteiger partial charge in [-0.1, -0.05) is 50.1 Å². The van der Waals surface area contributed by atoms with Gasteiger partial charge in [-0.15, -0.1) is 0 Å². The van der Waals surface area contributed by atoms with Crippen molar-refractivity contribution in [2.24, 2.45) is 0 Å². The number of hydrogen-bond acceptors (Lipinski definition) is 3. The van der Waals surface area contributed by atoms with Crippen molar-refractivity contribution in [3.05, 3.63) is 93.0 Å². The van der Waals surface area contributed by atoms with Crippen LogP contribution in [0.15, 0.2) is 81.7 Å². The van der Waals surface area contributed by atoms with Gasteiger partial charge in [0.25, 0.3) is 5.91 Å². The fourth-order valence-electron chi connectivity index (χ4n) is 3.25. The topological polar surface area (TPSA) is 92.2 Å². The molecule has 0 spiro atoms. The predicted octanol–water partition coefficient (Wildman–Crippen LogP) is 5.44. The molecule has 7 nitrogen and oxygen atoms in total. The second-order valence-corrected chi connectivity index (χ2v) is 9.07. The molecule has 33 heavy (non-hydrogen) atoms. The molecule has 0 aliphatic carbocycles. The molecule has 3 N–H and O–H groups in total. The number of carbonyl (C=O) groups is 3. The van der Waals surface area contributed by atoms with E-state index in [2.05, 4.69) is 47.9 Å². The highest BCUT2D eigenvalue weighted by Crippen LogP contribution is 2.24. The van der Waals surface area contributed by atoms with Crippen molar-refractivity contribution in [1.82, 2.24) is 4.68 Å². The highest BCUT2D eigenvalue weighted by Gasteiger charge is 2.21. The molecule has 0 fully saturated rings. The summed E-state index contributed by atoms with van der Waals surface area (Å²) in [7, 11) is 0. The summed E-state index contributed by atoms with van der Waals surface area (Å²) in [5.41, 5.74) is 5.31. The van der Waals surface area contributed by atoms with Gasteiger partial charge in [0.2, 0.25) is 0 Å². The molecule has 0 radical (unpaired) electrons. The first kappa shape index (κ1) is 22.8. The third-order valence-electron chi connectivity index (χ3n) is 4.91. The van der Waals surface area contributed by atoms with Gasteiger partial charge in [-0.25, -0.2) is 4.68 Å². The molecule has 0 saturated heterocycles. The molecular weight excluding hydrogens is 552 g/mol. The van der Waals surface area contributed by atoms with E-state index >= 15 is 0 Å². The Morgan fingerprint density at radius 3 is 2.21 bits per heavy atom. The average Bonchev–Trinajstić information content (AvgIpc) is 3.14. The van der Waals surface area contributed by atoms with E-state index in [0.29, 0.717) is 22.3 Å². The molecule has 1 aromatic heterocycles. The zero-order chi connectivity index (χ0) is 23.5. The molecule has 3 aromatic carbocycles. The van der Waals surface area contributed by atoms with Gasteiger partial charge in [-0.3, -0.25) is 19.8 Å². The first-order valence-electron chi connectivity index (χ1n) is 9.88. The smallest absolute Gasteiger partial charge is 0.320 e. The summed E-state index contributed by atoms with van der Waals surface area (Å²) >= 11 is 6.74. The lowest BCUT2D eigenvalue weighted by Gasteiger charge is -2.13. The molecule has 0 unspecified atom stereocenters. The number of hydrogen-bond donors (Lipinski definition) is 3. The Morgan fingerprint density at radius 2 is 1.48 bits per heavy atom. The third-order valence-corrected chi connectivity index (χ3v) is 5.93. The summed E-state index contributed by atoms with van der Waals surface area (Å²) < 4.78 is 2.98. The van der Waals surface area contributed by atoms with Gasteiger partial charge in [0.1, 0.15) is 5.69 Å². The number of amides is 3. The van der Waals surface area contributed by atoms with Gasteiger partial charge >= 0.3 is 11.8 Å². The number of aryl methyl sites for hydroxylation is 1. The number of rotatable bonds is 4. The Labute approximate surface area is 206 Å². The van der Waals surface area contributed by atoms with Crippen molar-refractivity contribution in [3.8, 4) is 0 Å². The number of nitrogens with one attached hydrogen (secondary N) is 3. The molecule has 1 heterocycles. The molecule has 3 amide bonds. The van der Waals surface area contributed by atoms with Crippen molar-refractivity contribution < 1.29 is 14.4 Å². The van der Waals surface area contributed by atoms with E-state index in [1.807, 2.05) is 31.2 Å². The van der Waals surface area contributed by atoms with Crippen LogP contribution in [0, 0.1) is 6.92 Å². The van der Waals surface area contributed by atoms with Crippen LogP contribution in [0.2, 0.25) is 0 Å². The van der Waals surface area contributed by atoms with E-state index in [0.717, 1.165) is 14.5 Å². The van der Waals surface area contributed by atoms with E-state index in [4.69, 9.17) is 0 Å². The second-order valence-electron chi connectivity index (χ2n) is 7.24. The van der Waals surface area contributed by atoms with Crippen LogP contribution in [-0.2, 0) is 9.59 Å².